The van der Waals surface area contributed by atoms with Gasteiger partial charge < -0.3 is 0 Å². The SMILES string of the molecule is C=C1C2C3C=CC4C=CC3C4C12. The van der Waals surface area contributed by atoms with Crippen LogP contribution in [0.15, 0.2) is 36.5 Å². The van der Waals surface area contributed by atoms with E-state index in [2.05, 4.69) is 30.9 Å². The molecule has 4 aliphatic rings. The van der Waals surface area contributed by atoms with Gasteiger partial charge in [-0.05, 0) is 35.5 Å². The second kappa shape index (κ2) is 1.48. The van der Waals surface area contributed by atoms with E-state index in [1.807, 2.05) is 0 Å². The molecule has 0 aromatic carbocycles. The Kier molecular flexibility index (Phi) is 0.715. The van der Waals surface area contributed by atoms with Crippen LogP contribution in [-0.2, 0) is 0 Å². The van der Waals surface area contributed by atoms with Gasteiger partial charge in [0.2, 0.25) is 0 Å². The van der Waals surface area contributed by atoms with Crippen LogP contribution in [0.1, 0.15) is 0 Å². The van der Waals surface area contributed by atoms with Crippen molar-refractivity contribution in [1.82, 2.24) is 0 Å². The maximum absolute atomic E-state index is 4.17. The van der Waals surface area contributed by atoms with E-state index in [4.69, 9.17) is 0 Å². The van der Waals surface area contributed by atoms with Crippen molar-refractivity contribution in [2.24, 2.45) is 35.5 Å². The minimum absolute atomic E-state index is 0.764. The fourth-order valence-corrected chi connectivity index (χ4v) is 3.90. The summed E-state index contributed by atoms with van der Waals surface area (Å²) in [6, 6.07) is 0. The first kappa shape index (κ1) is 5.80. The summed E-state index contributed by atoms with van der Waals surface area (Å²) in [4.78, 5) is 0. The van der Waals surface area contributed by atoms with Gasteiger partial charge in [0.15, 0.2) is 0 Å². The molecule has 0 N–H and O–H groups in total. The molecule has 0 saturated heterocycles. The van der Waals surface area contributed by atoms with Crippen molar-refractivity contribution in [1.29, 1.82) is 0 Å². The molecular weight excluding hydrogens is 144 g/mol. The van der Waals surface area contributed by atoms with Gasteiger partial charge >= 0.3 is 0 Å². The van der Waals surface area contributed by atoms with Crippen LogP contribution in [0.3, 0.4) is 0 Å². The lowest BCUT2D eigenvalue weighted by Gasteiger charge is -2.26. The van der Waals surface area contributed by atoms with Gasteiger partial charge in [0.1, 0.15) is 0 Å². The third kappa shape index (κ3) is 0.405. The molecule has 0 heterocycles. The molecule has 0 heteroatoms. The summed E-state index contributed by atoms with van der Waals surface area (Å²) in [6.45, 7) is 4.17. The van der Waals surface area contributed by atoms with Gasteiger partial charge in [-0.25, -0.2) is 0 Å². The van der Waals surface area contributed by atoms with Crippen LogP contribution in [0.5, 0.6) is 0 Å². The molecule has 12 heavy (non-hydrogen) atoms. The largest absolute Gasteiger partial charge is 0.0992 e. The minimum atomic E-state index is 0.764. The summed E-state index contributed by atoms with van der Waals surface area (Å²) >= 11 is 0. The normalized spacial score (nSPS) is 62.5. The van der Waals surface area contributed by atoms with Crippen LogP contribution in [0, 0.1) is 35.5 Å². The van der Waals surface area contributed by atoms with Crippen molar-refractivity contribution in [2.45, 2.75) is 0 Å². The molecule has 6 unspecified atom stereocenters. The van der Waals surface area contributed by atoms with Crippen molar-refractivity contribution in [3.8, 4) is 0 Å². The molecule has 0 nitrogen and oxygen atoms in total. The van der Waals surface area contributed by atoms with Gasteiger partial charge in [-0.2, -0.15) is 0 Å². The fraction of sp³-hybridized carbons (Fsp3) is 0.500. The summed E-state index contributed by atoms with van der Waals surface area (Å²) in [5, 5.41) is 0. The molecule has 0 aromatic heterocycles. The van der Waals surface area contributed by atoms with Gasteiger partial charge in [-0.1, -0.05) is 36.5 Å². The van der Waals surface area contributed by atoms with Gasteiger partial charge in [0.25, 0.3) is 0 Å². The smallest absolute Gasteiger partial charge is 0.00132 e. The Bertz CT molecular complexity index is 334. The zero-order valence-corrected chi connectivity index (χ0v) is 6.98. The number of hydrogen-bond donors (Lipinski definition) is 0. The molecule has 0 aliphatic heterocycles. The standard InChI is InChI=1S/C12H12/c1-6-10-8-4-2-7-3-5-9(8)12(7)11(6)10/h2-5,7-12H,1H2. The van der Waals surface area contributed by atoms with Gasteiger partial charge in [-0.15, -0.1) is 0 Å². The number of fused-ring (bicyclic) bond motifs is 2. The first-order chi connectivity index (χ1) is 5.88. The van der Waals surface area contributed by atoms with Crippen LogP contribution in [0.4, 0.5) is 0 Å². The van der Waals surface area contributed by atoms with Crippen LogP contribution in [-0.4, -0.2) is 0 Å². The highest BCUT2D eigenvalue weighted by molar-refractivity contribution is 5.43. The summed E-state index contributed by atoms with van der Waals surface area (Å²) in [5.74, 6) is 5.20. The van der Waals surface area contributed by atoms with E-state index >= 15 is 0 Å². The second-order valence-electron chi connectivity index (χ2n) is 4.71. The van der Waals surface area contributed by atoms with Crippen molar-refractivity contribution >= 4 is 0 Å². The van der Waals surface area contributed by atoms with Gasteiger partial charge in [-0.3, -0.25) is 0 Å². The van der Waals surface area contributed by atoms with Crippen LogP contribution in [0.25, 0.3) is 0 Å². The van der Waals surface area contributed by atoms with E-state index in [9.17, 15) is 0 Å². The van der Waals surface area contributed by atoms with Crippen molar-refractivity contribution in [3.05, 3.63) is 36.5 Å². The first-order valence-corrected chi connectivity index (χ1v) is 4.93. The predicted molar refractivity (Wildman–Crippen MR) is 48.4 cm³/mol. The van der Waals surface area contributed by atoms with E-state index in [0.717, 1.165) is 35.5 Å². The third-order valence-electron chi connectivity index (χ3n) is 4.41. The zero-order chi connectivity index (χ0) is 7.87. The second-order valence-corrected chi connectivity index (χ2v) is 4.71. The highest BCUT2D eigenvalue weighted by atomic mass is 14.7. The average molecular weight is 156 g/mol. The molecule has 0 spiro atoms. The van der Waals surface area contributed by atoms with E-state index < -0.39 is 0 Å². The molecule has 60 valence electrons. The molecule has 2 fully saturated rings. The Morgan fingerprint density at radius 1 is 0.917 bits per heavy atom. The lowest BCUT2D eigenvalue weighted by molar-refractivity contribution is 0.342. The third-order valence-corrected chi connectivity index (χ3v) is 4.41. The molecular formula is C12H12. The van der Waals surface area contributed by atoms with Crippen LogP contribution in [0.2, 0.25) is 0 Å². The molecule has 0 amide bonds. The number of allylic oxidation sites excluding steroid dienone is 5. The highest BCUT2D eigenvalue weighted by Crippen LogP contribution is 2.70. The quantitative estimate of drug-likeness (QED) is 0.472. The Morgan fingerprint density at radius 2 is 1.67 bits per heavy atom. The average Bonchev–Trinajstić information content (AvgIpc) is 2.53. The Morgan fingerprint density at radius 3 is 2.50 bits per heavy atom. The van der Waals surface area contributed by atoms with E-state index in [-0.39, 0.29) is 0 Å². The lowest BCUT2D eigenvalue weighted by Crippen LogP contribution is -2.21. The van der Waals surface area contributed by atoms with Gasteiger partial charge in [0.05, 0.1) is 0 Å². The fourth-order valence-electron chi connectivity index (χ4n) is 3.90. The van der Waals surface area contributed by atoms with E-state index in [0.29, 0.717) is 0 Å². The molecule has 0 aromatic rings. The molecule has 2 saturated carbocycles. The molecule has 4 rings (SSSR count). The minimum Gasteiger partial charge on any atom is -0.0992 e. The molecule has 4 bridgehead atoms. The van der Waals surface area contributed by atoms with Gasteiger partial charge in [0, 0.05) is 0 Å². The van der Waals surface area contributed by atoms with Crippen LogP contribution < -0.4 is 0 Å². The van der Waals surface area contributed by atoms with Crippen molar-refractivity contribution < 1.29 is 0 Å². The van der Waals surface area contributed by atoms with E-state index in [1.54, 1.807) is 5.57 Å². The monoisotopic (exact) mass is 156 g/mol. The summed E-state index contributed by atoms with van der Waals surface area (Å²) in [5.41, 5.74) is 1.55. The summed E-state index contributed by atoms with van der Waals surface area (Å²) < 4.78 is 0. The zero-order valence-electron chi connectivity index (χ0n) is 6.98. The first-order valence-electron chi connectivity index (χ1n) is 4.93. The summed E-state index contributed by atoms with van der Waals surface area (Å²) in [7, 11) is 0. The Hall–Kier alpha value is -0.780. The highest BCUT2D eigenvalue weighted by Gasteiger charge is 2.64. The number of rotatable bonds is 0. The molecule has 4 aliphatic carbocycles. The maximum atomic E-state index is 4.17. The van der Waals surface area contributed by atoms with Crippen LogP contribution >= 0.6 is 0 Å². The predicted octanol–water partition coefficient (Wildman–Crippen LogP) is 2.41. The maximum Gasteiger partial charge on any atom is -0.00132 e. The topological polar surface area (TPSA) is 0 Å². The summed E-state index contributed by atoms with van der Waals surface area (Å²) in [6.07, 6.45) is 9.75. The Balaban J connectivity index is 1.94. The molecule has 0 radical (unpaired) electrons. The lowest BCUT2D eigenvalue weighted by atomic mass is 9.77. The number of hydrogen-bond acceptors (Lipinski definition) is 0. The Labute approximate surface area is 72.7 Å². The van der Waals surface area contributed by atoms with Crippen molar-refractivity contribution in [3.63, 3.8) is 0 Å². The van der Waals surface area contributed by atoms with Crippen molar-refractivity contribution in [2.75, 3.05) is 0 Å². The van der Waals surface area contributed by atoms with E-state index in [1.165, 1.54) is 0 Å². The molecule has 6 atom stereocenters.